The molecule has 0 aliphatic carbocycles. The lowest BCUT2D eigenvalue weighted by atomic mass is 9.82. The molecular formula is C26H36FN3O4. The van der Waals surface area contributed by atoms with Crippen molar-refractivity contribution in [3.05, 3.63) is 35.5 Å². The Balaban J connectivity index is 1.98. The minimum absolute atomic E-state index is 0.0847. The van der Waals surface area contributed by atoms with Crippen molar-refractivity contribution in [3.63, 3.8) is 0 Å². The van der Waals surface area contributed by atoms with Gasteiger partial charge in [0.1, 0.15) is 6.61 Å². The molecular weight excluding hydrogens is 437 g/mol. The Morgan fingerprint density at radius 1 is 1.24 bits per heavy atom. The lowest BCUT2D eigenvalue weighted by molar-refractivity contribution is -0.136. The van der Waals surface area contributed by atoms with Crippen LogP contribution in [0.15, 0.2) is 18.5 Å². The van der Waals surface area contributed by atoms with E-state index in [4.69, 9.17) is 9.47 Å². The van der Waals surface area contributed by atoms with E-state index in [1.54, 1.807) is 19.5 Å². The fourth-order valence-corrected chi connectivity index (χ4v) is 4.28. The van der Waals surface area contributed by atoms with Crippen molar-refractivity contribution in [3.8, 4) is 17.0 Å². The number of anilines is 1. The molecule has 2 aromatic rings. The minimum atomic E-state index is -0.924. The number of aliphatic carboxylic acids is 1. The molecule has 3 heterocycles. The molecule has 8 heteroatoms. The summed E-state index contributed by atoms with van der Waals surface area (Å²) in [5.41, 5.74) is 3.57. The van der Waals surface area contributed by atoms with E-state index in [1.165, 1.54) is 6.07 Å². The van der Waals surface area contributed by atoms with Crippen molar-refractivity contribution in [2.45, 2.75) is 60.0 Å². The van der Waals surface area contributed by atoms with Crippen molar-refractivity contribution in [1.82, 2.24) is 9.97 Å². The van der Waals surface area contributed by atoms with Crippen LogP contribution in [0.3, 0.4) is 0 Å². The number of carbonyl (C=O) groups is 1. The van der Waals surface area contributed by atoms with Crippen LogP contribution in [0, 0.1) is 24.1 Å². The first-order valence-corrected chi connectivity index (χ1v) is 11.8. The number of carboxylic acids is 1. The Morgan fingerprint density at radius 2 is 1.91 bits per heavy atom. The van der Waals surface area contributed by atoms with Gasteiger partial charge in [-0.1, -0.05) is 27.7 Å². The molecule has 0 saturated carbocycles. The topological polar surface area (TPSA) is 84.8 Å². The van der Waals surface area contributed by atoms with E-state index in [-0.39, 0.29) is 36.3 Å². The van der Waals surface area contributed by atoms with E-state index >= 15 is 4.39 Å². The second-order valence-corrected chi connectivity index (χ2v) is 10.1. The Morgan fingerprint density at radius 3 is 2.47 bits per heavy atom. The van der Waals surface area contributed by atoms with Gasteiger partial charge < -0.3 is 19.5 Å². The summed E-state index contributed by atoms with van der Waals surface area (Å²) in [4.78, 5) is 22.5. The maximum absolute atomic E-state index is 15.0. The highest BCUT2D eigenvalue weighted by molar-refractivity contribution is 5.84. The van der Waals surface area contributed by atoms with Gasteiger partial charge in [-0.25, -0.2) is 9.37 Å². The molecule has 1 aliphatic rings. The molecule has 0 spiro atoms. The van der Waals surface area contributed by atoms with Crippen LogP contribution in [-0.4, -0.2) is 54.0 Å². The van der Waals surface area contributed by atoms with Crippen LogP contribution in [0.2, 0.25) is 0 Å². The number of aromatic nitrogens is 2. The lowest BCUT2D eigenvalue weighted by Crippen LogP contribution is -2.38. The molecule has 7 nitrogen and oxygen atoms in total. The van der Waals surface area contributed by atoms with Crippen molar-refractivity contribution in [2.75, 3.05) is 31.7 Å². The average Bonchev–Trinajstić information content (AvgIpc) is 2.76. The van der Waals surface area contributed by atoms with Gasteiger partial charge in [0.05, 0.1) is 18.2 Å². The number of aryl methyl sites for hydroxylation is 1. The number of hydrogen-bond donors (Lipinski definition) is 1. The monoisotopic (exact) mass is 473 g/mol. The predicted octanol–water partition coefficient (Wildman–Crippen LogP) is 4.89. The molecule has 0 amide bonds. The van der Waals surface area contributed by atoms with E-state index in [0.717, 1.165) is 31.6 Å². The Labute approximate surface area is 201 Å². The summed E-state index contributed by atoms with van der Waals surface area (Å²) in [6.07, 6.45) is 4.89. The molecule has 3 rings (SSSR count). The molecule has 1 unspecified atom stereocenters. The third-order valence-electron chi connectivity index (χ3n) is 6.68. The second kappa shape index (κ2) is 10.7. The molecule has 34 heavy (non-hydrogen) atoms. The van der Waals surface area contributed by atoms with Crippen LogP contribution in [0.5, 0.6) is 5.88 Å². The fourth-order valence-electron chi connectivity index (χ4n) is 4.28. The van der Waals surface area contributed by atoms with Crippen molar-refractivity contribution < 1.29 is 23.8 Å². The molecule has 0 radical (unpaired) electrons. The lowest BCUT2D eigenvalue weighted by Gasteiger charge is -2.40. The van der Waals surface area contributed by atoms with Crippen molar-refractivity contribution >= 4 is 11.7 Å². The minimum Gasteiger partial charge on any atom is -0.481 e. The Bertz CT molecular complexity index is 1020. The van der Waals surface area contributed by atoms with Crippen molar-refractivity contribution in [1.29, 1.82) is 0 Å². The van der Waals surface area contributed by atoms with E-state index in [2.05, 4.69) is 28.7 Å². The second-order valence-electron chi connectivity index (χ2n) is 10.1. The van der Waals surface area contributed by atoms with Crippen LogP contribution in [0.1, 0.15) is 51.8 Å². The molecule has 2 aromatic heterocycles. The van der Waals surface area contributed by atoms with Gasteiger partial charge in [-0.2, -0.15) is 0 Å². The first-order valence-electron chi connectivity index (χ1n) is 11.8. The predicted molar refractivity (Wildman–Crippen MR) is 130 cm³/mol. The van der Waals surface area contributed by atoms with Crippen LogP contribution >= 0.6 is 0 Å². The normalized spacial score (nSPS) is 16.5. The number of carboxylic acid groups (broad SMARTS) is 1. The van der Waals surface area contributed by atoms with Crippen LogP contribution in [0.4, 0.5) is 10.1 Å². The highest BCUT2D eigenvalue weighted by Crippen LogP contribution is 2.40. The van der Waals surface area contributed by atoms with Crippen LogP contribution in [-0.2, 0) is 16.0 Å². The maximum Gasteiger partial charge on any atom is 0.307 e. The van der Waals surface area contributed by atoms with E-state index in [0.29, 0.717) is 22.4 Å². The SMILES string of the molecule is COC(COc1ncc(-c2cnc(C)c(CC(=O)O)c2N2CCC(C)(C)CC2)cc1F)C(C)C. The molecule has 1 saturated heterocycles. The molecule has 1 atom stereocenters. The molecule has 186 valence electrons. The fraction of sp³-hybridized carbons (Fsp3) is 0.577. The van der Waals surface area contributed by atoms with Gasteiger partial charge in [0.2, 0.25) is 5.88 Å². The summed E-state index contributed by atoms with van der Waals surface area (Å²) in [6.45, 7) is 12.1. The number of ether oxygens (including phenoxy) is 2. The zero-order chi connectivity index (χ0) is 25.0. The zero-order valence-electron chi connectivity index (χ0n) is 21.0. The van der Waals surface area contributed by atoms with Crippen LogP contribution in [0.25, 0.3) is 11.1 Å². The third-order valence-corrected chi connectivity index (χ3v) is 6.68. The van der Waals surface area contributed by atoms with Gasteiger partial charge in [-0.3, -0.25) is 9.78 Å². The number of piperidine rings is 1. The molecule has 0 aromatic carbocycles. The smallest absolute Gasteiger partial charge is 0.307 e. The number of hydrogen-bond acceptors (Lipinski definition) is 6. The molecule has 1 fully saturated rings. The van der Waals surface area contributed by atoms with Crippen molar-refractivity contribution in [2.24, 2.45) is 11.3 Å². The first kappa shape index (κ1) is 25.9. The van der Waals surface area contributed by atoms with E-state index < -0.39 is 11.8 Å². The zero-order valence-corrected chi connectivity index (χ0v) is 21.0. The highest BCUT2D eigenvalue weighted by Gasteiger charge is 2.29. The van der Waals surface area contributed by atoms with Crippen LogP contribution < -0.4 is 9.64 Å². The number of nitrogens with zero attached hydrogens (tertiary/aromatic N) is 3. The largest absolute Gasteiger partial charge is 0.481 e. The third kappa shape index (κ3) is 6.03. The highest BCUT2D eigenvalue weighted by atomic mass is 19.1. The van der Waals surface area contributed by atoms with Gasteiger partial charge in [0.25, 0.3) is 0 Å². The first-order chi connectivity index (χ1) is 16.0. The Hall–Kier alpha value is -2.74. The molecule has 1 N–H and O–H groups in total. The summed E-state index contributed by atoms with van der Waals surface area (Å²) in [6, 6.07) is 1.38. The van der Waals surface area contributed by atoms with Gasteiger partial charge >= 0.3 is 5.97 Å². The summed E-state index contributed by atoms with van der Waals surface area (Å²) in [7, 11) is 1.60. The summed E-state index contributed by atoms with van der Waals surface area (Å²) in [5.74, 6) is -1.37. The molecule has 1 aliphatic heterocycles. The number of rotatable bonds is 9. The number of pyridine rings is 2. The standard InChI is InChI=1S/C26H36FN3O4/c1-16(2)22(33-6)15-34-25-21(27)11-18(13-29-25)20-14-28-17(3)19(12-23(31)32)24(20)30-9-7-26(4,5)8-10-30/h11,13-14,16,22H,7-10,12,15H2,1-6H3,(H,31,32). The maximum atomic E-state index is 15.0. The molecule has 0 bridgehead atoms. The van der Waals surface area contributed by atoms with Gasteiger partial charge in [-0.15, -0.1) is 0 Å². The van der Waals surface area contributed by atoms with Gasteiger partial charge in [0, 0.05) is 55.0 Å². The van der Waals surface area contributed by atoms with E-state index in [9.17, 15) is 9.90 Å². The number of halogens is 1. The summed E-state index contributed by atoms with van der Waals surface area (Å²) >= 11 is 0. The summed E-state index contributed by atoms with van der Waals surface area (Å²) < 4.78 is 26.0. The average molecular weight is 474 g/mol. The summed E-state index contributed by atoms with van der Waals surface area (Å²) in [5, 5.41) is 9.56. The number of methoxy groups -OCH3 is 1. The quantitative estimate of drug-likeness (QED) is 0.555. The van der Waals surface area contributed by atoms with E-state index in [1.807, 2.05) is 20.8 Å². The van der Waals surface area contributed by atoms with Gasteiger partial charge in [-0.05, 0) is 37.2 Å². The van der Waals surface area contributed by atoms with Gasteiger partial charge in [0.15, 0.2) is 5.82 Å². The Kier molecular flexibility index (Phi) is 8.13.